The van der Waals surface area contributed by atoms with E-state index >= 15 is 0 Å². The third-order valence-electron chi connectivity index (χ3n) is 5.17. The quantitative estimate of drug-likeness (QED) is 0.416. The Bertz CT molecular complexity index is 1340. The average Bonchev–Trinajstić information content (AvgIpc) is 3.53. The van der Waals surface area contributed by atoms with Gasteiger partial charge in [0.15, 0.2) is 11.6 Å². The molecule has 2 N–H and O–H groups in total. The molecular weight excluding hydrogens is 410 g/mol. The molecular formula is C21H23N9S. The molecule has 158 valence electrons. The van der Waals surface area contributed by atoms with Crippen molar-refractivity contribution in [3.63, 3.8) is 0 Å². The number of hydrogen-bond acceptors (Lipinski definition) is 7. The smallest absolute Gasteiger partial charge is 0.199 e. The zero-order valence-corrected chi connectivity index (χ0v) is 18.6. The summed E-state index contributed by atoms with van der Waals surface area (Å²) in [5.41, 5.74) is 2.98. The summed E-state index contributed by atoms with van der Waals surface area (Å²) < 4.78 is 3.89. The molecule has 0 aromatic carbocycles. The highest BCUT2D eigenvalue weighted by Gasteiger charge is 2.21. The minimum absolute atomic E-state index is 0.310. The summed E-state index contributed by atoms with van der Waals surface area (Å²) in [6.45, 7) is 6.90. The van der Waals surface area contributed by atoms with Crippen LogP contribution in [0, 0.1) is 6.92 Å². The van der Waals surface area contributed by atoms with Crippen molar-refractivity contribution in [1.29, 1.82) is 0 Å². The lowest BCUT2D eigenvalue weighted by molar-refractivity contribution is 0.534. The maximum absolute atomic E-state index is 4.86. The fourth-order valence-corrected chi connectivity index (χ4v) is 4.65. The van der Waals surface area contributed by atoms with Crippen LogP contribution in [0.4, 0.5) is 5.82 Å². The average molecular weight is 434 g/mol. The van der Waals surface area contributed by atoms with E-state index in [9.17, 15) is 0 Å². The number of aryl methyl sites for hydroxylation is 2. The molecule has 31 heavy (non-hydrogen) atoms. The van der Waals surface area contributed by atoms with Gasteiger partial charge in [-0.25, -0.2) is 19.9 Å². The number of anilines is 1. The number of hydrogen-bond donors (Lipinski definition) is 2. The Morgan fingerprint density at radius 1 is 1.19 bits per heavy atom. The van der Waals surface area contributed by atoms with Crippen molar-refractivity contribution in [2.75, 3.05) is 5.32 Å². The zero-order chi connectivity index (χ0) is 21.5. The summed E-state index contributed by atoms with van der Waals surface area (Å²) in [6, 6.07) is 2.37. The Kier molecular flexibility index (Phi) is 4.78. The maximum atomic E-state index is 4.86. The summed E-state index contributed by atoms with van der Waals surface area (Å²) >= 11 is 1.63. The first-order chi connectivity index (χ1) is 15.0. The second kappa shape index (κ2) is 7.62. The van der Waals surface area contributed by atoms with Crippen molar-refractivity contribution in [1.82, 2.24) is 39.3 Å². The number of rotatable bonds is 6. The van der Waals surface area contributed by atoms with Crippen LogP contribution in [0.1, 0.15) is 31.1 Å². The molecule has 0 amide bonds. The normalized spacial score (nSPS) is 11.6. The van der Waals surface area contributed by atoms with E-state index in [2.05, 4.69) is 47.1 Å². The van der Waals surface area contributed by atoms with Crippen molar-refractivity contribution >= 4 is 27.4 Å². The van der Waals surface area contributed by atoms with Crippen LogP contribution in [-0.2, 0) is 13.6 Å². The largest absolute Gasteiger partial charge is 0.364 e. The van der Waals surface area contributed by atoms with Crippen molar-refractivity contribution < 1.29 is 0 Å². The van der Waals surface area contributed by atoms with Crippen molar-refractivity contribution in [3.8, 4) is 22.2 Å². The lowest BCUT2D eigenvalue weighted by Crippen LogP contribution is -2.05. The van der Waals surface area contributed by atoms with Gasteiger partial charge in [0, 0.05) is 37.9 Å². The summed E-state index contributed by atoms with van der Waals surface area (Å²) in [6.07, 6.45) is 9.21. The number of nitrogens with one attached hydrogen (secondary N) is 2. The summed E-state index contributed by atoms with van der Waals surface area (Å²) in [5, 5.41) is 9.23. The van der Waals surface area contributed by atoms with Gasteiger partial charge in [0.1, 0.15) is 16.3 Å². The molecule has 5 rings (SSSR count). The second-order valence-electron chi connectivity index (χ2n) is 7.68. The van der Waals surface area contributed by atoms with Gasteiger partial charge in [-0.05, 0) is 32.4 Å². The molecule has 0 spiro atoms. The van der Waals surface area contributed by atoms with E-state index in [-0.39, 0.29) is 0 Å². The molecule has 0 aliphatic carbocycles. The predicted octanol–water partition coefficient (Wildman–Crippen LogP) is 4.18. The molecule has 0 bridgehead atoms. The number of aromatic amines is 1. The van der Waals surface area contributed by atoms with Gasteiger partial charge in [0.25, 0.3) is 0 Å². The second-order valence-corrected chi connectivity index (χ2v) is 8.68. The van der Waals surface area contributed by atoms with Gasteiger partial charge in [0.2, 0.25) is 0 Å². The SMILES string of the molecule is Cc1c(-c2ccn(C(C)C)n2)sc2nc(-c3nccn3C)nc(NCc3c[nH]cn3)c12. The van der Waals surface area contributed by atoms with Crippen LogP contribution in [-0.4, -0.2) is 39.3 Å². The Morgan fingerprint density at radius 3 is 2.74 bits per heavy atom. The van der Waals surface area contributed by atoms with E-state index in [0.717, 1.165) is 43.7 Å². The molecule has 9 nitrogen and oxygen atoms in total. The van der Waals surface area contributed by atoms with Crippen molar-refractivity contribution in [3.05, 3.63) is 48.4 Å². The van der Waals surface area contributed by atoms with Crippen molar-refractivity contribution in [2.45, 2.75) is 33.4 Å². The van der Waals surface area contributed by atoms with Gasteiger partial charge in [-0.3, -0.25) is 4.68 Å². The number of imidazole rings is 2. The van der Waals surface area contributed by atoms with E-state index in [1.807, 2.05) is 34.9 Å². The Hall–Kier alpha value is -3.53. The third-order valence-corrected chi connectivity index (χ3v) is 6.38. The molecule has 5 aromatic rings. The summed E-state index contributed by atoms with van der Waals surface area (Å²) in [4.78, 5) is 23.4. The van der Waals surface area contributed by atoms with Crippen LogP contribution in [0.15, 0.2) is 37.2 Å². The number of fused-ring (bicyclic) bond motifs is 1. The highest BCUT2D eigenvalue weighted by Crippen LogP contribution is 2.40. The molecule has 0 fully saturated rings. The lowest BCUT2D eigenvalue weighted by atomic mass is 10.1. The van der Waals surface area contributed by atoms with Gasteiger partial charge in [-0.2, -0.15) is 5.10 Å². The molecule has 10 heteroatoms. The van der Waals surface area contributed by atoms with Crippen LogP contribution in [0.2, 0.25) is 0 Å². The Morgan fingerprint density at radius 2 is 2.06 bits per heavy atom. The highest BCUT2D eigenvalue weighted by molar-refractivity contribution is 7.22. The van der Waals surface area contributed by atoms with Crippen LogP contribution in [0.3, 0.4) is 0 Å². The van der Waals surface area contributed by atoms with Crippen LogP contribution >= 0.6 is 11.3 Å². The Balaban J connectivity index is 1.65. The molecule has 0 saturated heterocycles. The number of H-pyrrole nitrogens is 1. The first-order valence-electron chi connectivity index (χ1n) is 10.1. The number of thiophene rings is 1. The minimum atomic E-state index is 0.310. The fraction of sp³-hybridized carbons (Fsp3) is 0.286. The lowest BCUT2D eigenvalue weighted by Gasteiger charge is -2.09. The van der Waals surface area contributed by atoms with Gasteiger partial charge in [-0.1, -0.05) is 0 Å². The van der Waals surface area contributed by atoms with Gasteiger partial charge in [0.05, 0.1) is 28.8 Å². The molecule has 0 aliphatic heterocycles. The van der Waals surface area contributed by atoms with E-state index in [4.69, 9.17) is 15.1 Å². The first kappa shape index (κ1) is 19.4. The summed E-state index contributed by atoms with van der Waals surface area (Å²) in [7, 11) is 1.94. The maximum Gasteiger partial charge on any atom is 0.199 e. The molecule has 0 radical (unpaired) electrons. The predicted molar refractivity (Wildman–Crippen MR) is 122 cm³/mol. The van der Waals surface area contributed by atoms with Crippen LogP contribution in [0.25, 0.3) is 32.4 Å². The van der Waals surface area contributed by atoms with Gasteiger partial charge < -0.3 is 14.9 Å². The Labute approximate surface area is 183 Å². The van der Waals surface area contributed by atoms with Gasteiger partial charge >= 0.3 is 0 Å². The fourth-order valence-electron chi connectivity index (χ4n) is 3.50. The van der Waals surface area contributed by atoms with Gasteiger partial charge in [-0.15, -0.1) is 11.3 Å². The van der Waals surface area contributed by atoms with Crippen LogP contribution in [0.5, 0.6) is 0 Å². The zero-order valence-electron chi connectivity index (χ0n) is 17.8. The molecule has 5 aromatic heterocycles. The number of nitrogens with zero attached hydrogens (tertiary/aromatic N) is 7. The topological polar surface area (TPSA) is 102 Å². The van der Waals surface area contributed by atoms with Crippen LogP contribution < -0.4 is 5.32 Å². The molecule has 0 unspecified atom stereocenters. The molecule has 0 saturated carbocycles. The monoisotopic (exact) mass is 433 g/mol. The molecule has 0 atom stereocenters. The first-order valence-corrected chi connectivity index (χ1v) is 10.9. The van der Waals surface area contributed by atoms with E-state index in [1.54, 1.807) is 23.9 Å². The summed E-state index contributed by atoms with van der Waals surface area (Å²) in [5.74, 6) is 2.08. The number of aromatic nitrogens is 8. The molecule has 5 heterocycles. The van der Waals surface area contributed by atoms with E-state index in [0.29, 0.717) is 18.4 Å². The van der Waals surface area contributed by atoms with E-state index in [1.165, 1.54) is 0 Å². The van der Waals surface area contributed by atoms with E-state index < -0.39 is 0 Å². The highest BCUT2D eigenvalue weighted by atomic mass is 32.1. The van der Waals surface area contributed by atoms with Crippen molar-refractivity contribution in [2.24, 2.45) is 7.05 Å². The third kappa shape index (κ3) is 3.48. The minimum Gasteiger partial charge on any atom is -0.364 e. The standard InChI is InChI=1S/C21H23N9S/c1-12(2)30-7-5-15(28-30)17-13(3)16-18(24-10-14-9-22-11-25-14)26-19(27-21(16)31-17)20-23-6-8-29(20)4/h5-9,11-12H,10H2,1-4H3,(H,22,25)(H,24,26,27). The molecule has 0 aliphatic rings.